The van der Waals surface area contributed by atoms with Crippen molar-refractivity contribution in [3.63, 3.8) is 0 Å². The van der Waals surface area contributed by atoms with Gasteiger partial charge in [-0.1, -0.05) is 23.8 Å². The zero-order chi connectivity index (χ0) is 19.4. The Labute approximate surface area is 164 Å². The van der Waals surface area contributed by atoms with Gasteiger partial charge in [-0.25, -0.2) is 0 Å². The summed E-state index contributed by atoms with van der Waals surface area (Å²) in [5.74, 6) is 0.747. The molecule has 4 nitrogen and oxygen atoms in total. The molecule has 2 aromatic rings. The lowest BCUT2D eigenvalue weighted by atomic mass is 10.0. The average molecular weight is 419 g/mol. The fourth-order valence-corrected chi connectivity index (χ4v) is 3.67. The normalized spacial score (nSPS) is 13.2. The summed E-state index contributed by atoms with van der Waals surface area (Å²) in [7, 11) is 1.64. The van der Waals surface area contributed by atoms with E-state index < -0.39 is 0 Å². The molecule has 2 atom stereocenters. The number of rotatable bonds is 6. The molecule has 0 heterocycles. The highest BCUT2D eigenvalue weighted by Gasteiger charge is 2.18. The van der Waals surface area contributed by atoms with Gasteiger partial charge in [-0.3, -0.25) is 10.1 Å². The largest absolute Gasteiger partial charge is 0.496 e. The zero-order valence-corrected chi connectivity index (χ0v) is 17.8. The first-order chi connectivity index (χ1) is 12.2. The minimum atomic E-state index is -0.328. The van der Waals surface area contributed by atoms with Crippen LogP contribution in [0.2, 0.25) is 0 Å². The predicted molar refractivity (Wildman–Crippen MR) is 111 cm³/mol. The first kappa shape index (κ1) is 20.5. The number of carbonyl (C=O) groups excluding carboxylic acids is 1. The number of hydrogen-bond donors (Lipinski definition) is 2. The minimum absolute atomic E-state index is 0.0261. The predicted octanol–water partition coefficient (Wildman–Crippen LogP) is 5.06. The van der Waals surface area contributed by atoms with Crippen molar-refractivity contribution >= 4 is 27.5 Å². The van der Waals surface area contributed by atoms with Crippen LogP contribution in [-0.4, -0.2) is 19.1 Å². The molecule has 2 rings (SSSR count). The van der Waals surface area contributed by atoms with E-state index in [1.165, 1.54) is 5.56 Å². The fraction of sp³-hybridized carbons (Fsp3) is 0.381. The number of methoxy groups -OCH3 is 1. The molecule has 0 spiro atoms. The van der Waals surface area contributed by atoms with Crippen molar-refractivity contribution < 1.29 is 9.53 Å². The van der Waals surface area contributed by atoms with Gasteiger partial charge in [0.2, 0.25) is 5.91 Å². The van der Waals surface area contributed by atoms with Gasteiger partial charge < -0.3 is 10.1 Å². The van der Waals surface area contributed by atoms with Gasteiger partial charge in [0.1, 0.15) is 5.75 Å². The lowest BCUT2D eigenvalue weighted by molar-refractivity contribution is -0.117. The molecule has 0 aliphatic carbocycles. The minimum Gasteiger partial charge on any atom is -0.496 e. The standard InChI is InChI=1S/C21H27BrN2O2/c1-12-9-13(2)20(14(3)10-12)24-21(25)16(5)23-15(4)17-7-8-19(26-6)18(22)11-17/h7-11,15-16,23H,1-6H3,(H,24,25)/t15-,16+/m1/s1. The number of anilines is 1. The van der Waals surface area contributed by atoms with Crippen LogP contribution < -0.4 is 15.4 Å². The third kappa shape index (κ3) is 4.86. The van der Waals surface area contributed by atoms with Crippen LogP contribution in [0.25, 0.3) is 0 Å². The van der Waals surface area contributed by atoms with E-state index in [0.717, 1.165) is 32.6 Å². The monoisotopic (exact) mass is 418 g/mol. The van der Waals surface area contributed by atoms with E-state index in [1.54, 1.807) is 7.11 Å². The Kier molecular flexibility index (Phi) is 6.84. The quantitative estimate of drug-likeness (QED) is 0.688. The van der Waals surface area contributed by atoms with Crippen molar-refractivity contribution in [1.82, 2.24) is 5.32 Å². The van der Waals surface area contributed by atoms with E-state index in [9.17, 15) is 4.79 Å². The molecule has 0 radical (unpaired) electrons. The molecule has 2 N–H and O–H groups in total. The molecule has 0 saturated carbocycles. The maximum atomic E-state index is 12.6. The molecular formula is C21H27BrN2O2. The summed E-state index contributed by atoms with van der Waals surface area (Å²) in [5, 5.41) is 6.42. The van der Waals surface area contributed by atoms with Crippen LogP contribution in [-0.2, 0) is 4.79 Å². The molecular weight excluding hydrogens is 392 g/mol. The van der Waals surface area contributed by atoms with Gasteiger partial charge in [0, 0.05) is 11.7 Å². The summed E-state index contributed by atoms with van der Waals surface area (Å²) < 4.78 is 6.16. The third-order valence-corrected chi connectivity index (χ3v) is 5.11. The van der Waals surface area contributed by atoms with E-state index >= 15 is 0 Å². The molecule has 5 heteroatoms. The van der Waals surface area contributed by atoms with Crippen LogP contribution in [0.4, 0.5) is 5.69 Å². The number of ether oxygens (including phenoxy) is 1. The Morgan fingerprint density at radius 2 is 1.69 bits per heavy atom. The summed E-state index contributed by atoms with van der Waals surface area (Å²) in [6, 6.07) is 9.79. The molecule has 0 aliphatic rings. The molecule has 0 aromatic heterocycles. The molecule has 0 fully saturated rings. The van der Waals surface area contributed by atoms with Gasteiger partial charge in [-0.15, -0.1) is 0 Å². The molecule has 140 valence electrons. The second kappa shape index (κ2) is 8.69. The van der Waals surface area contributed by atoms with Crippen molar-refractivity contribution in [3.05, 3.63) is 57.1 Å². The number of aryl methyl sites for hydroxylation is 3. The number of halogens is 1. The van der Waals surface area contributed by atoms with Crippen LogP contribution >= 0.6 is 15.9 Å². The van der Waals surface area contributed by atoms with Crippen molar-refractivity contribution in [2.75, 3.05) is 12.4 Å². The van der Waals surface area contributed by atoms with E-state index in [4.69, 9.17) is 4.74 Å². The van der Waals surface area contributed by atoms with Crippen LogP contribution in [0.15, 0.2) is 34.8 Å². The lowest BCUT2D eigenvalue weighted by Gasteiger charge is -2.22. The summed E-state index contributed by atoms with van der Waals surface area (Å²) in [4.78, 5) is 12.6. The molecule has 2 aromatic carbocycles. The third-order valence-electron chi connectivity index (χ3n) is 4.49. The first-order valence-corrected chi connectivity index (χ1v) is 9.50. The Hall–Kier alpha value is -1.85. The SMILES string of the molecule is COc1ccc([C@@H](C)N[C@@H](C)C(=O)Nc2c(C)cc(C)cc2C)cc1Br. The summed E-state index contributed by atoms with van der Waals surface area (Å²) in [5.41, 5.74) is 5.34. The highest BCUT2D eigenvalue weighted by Crippen LogP contribution is 2.28. The van der Waals surface area contributed by atoms with E-state index in [2.05, 4.69) is 45.6 Å². The van der Waals surface area contributed by atoms with Crippen molar-refractivity contribution in [2.45, 2.75) is 46.7 Å². The summed E-state index contributed by atoms with van der Waals surface area (Å²) in [6.45, 7) is 10.0. The van der Waals surface area contributed by atoms with E-state index in [0.29, 0.717) is 0 Å². The van der Waals surface area contributed by atoms with Gasteiger partial charge in [0.05, 0.1) is 17.6 Å². The van der Waals surface area contributed by atoms with E-state index in [1.807, 2.05) is 45.9 Å². The molecule has 1 amide bonds. The zero-order valence-electron chi connectivity index (χ0n) is 16.2. The molecule has 0 aliphatic heterocycles. The van der Waals surface area contributed by atoms with Crippen LogP contribution in [0, 0.1) is 20.8 Å². The summed E-state index contributed by atoms with van der Waals surface area (Å²) >= 11 is 3.50. The van der Waals surface area contributed by atoms with E-state index in [-0.39, 0.29) is 18.0 Å². The van der Waals surface area contributed by atoms with Crippen LogP contribution in [0.5, 0.6) is 5.75 Å². The Bertz CT molecular complexity index is 782. The number of nitrogens with one attached hydrogen (secondary N) is 2. The lowest BCUT2D eigenvalue weighted by Crippen LogP contribution is -2.39. The van der Waals surface area contributed by atoms with Crippen molar-refractivity contribution in [1.29, 1.82) is 0 Å². The topological polar surface area (TPSA) is 50.4 Å². The number of amides is 1. The van der Waals surface area contributed by atoms with Crippen LogP contribution in [0.1, 0.15) is 42.1 Å². The summed E-state index contributed by atoms with van der Waals surface area (Å²) in [6.07, 6.45) is 0. The molecule has 26 heavy (non-hydrogen) atoms. The van der Waals surface area contributed by atoms with Gasteiger partial charge in [-0.05, 0) is 79.4 Å². The molecule has 0 unspecified atom stereocenters. The number of hydrogen-bond acceptors (Lipinski definition) is 3. The Morgan fingerprint density at radius 3 is 2.23 bits per heavy atom. The van der Waals surface area contributed by atoms with Gasteiger partial charge >= 0.3 is 0 Å². The van der Waals surface area contributed by atoms with Gasteiger partial charge in [0.25, 0.3) is 0 Å². The average Bonchev–Trinajstić information content (AvgIpc) is 2.57. The maximum Gasteiger partial charge on any atom is 0.241 e. The second-order valence-electron chi connectivity index (χ2n) is 6.77. The fourth-order valence-electron chi connectivity index (χ4n) is 3.11. The number of benzene rings is 2. The van der Waals surface area contributed by atoms with Gasteiger partial charge in [0.15, 0.2) is 0 Å². The Morgan fingerprint density at radius 1 is 1.08 bits per heavy atom. The van der Waals surface area contributed by atoms with Crippen molar-refractivity contribution in [2.24, 2.45) is 0 Å². The highest BCUT2D eigenvalue weighted by atomic mass is 79.9. The van der Waals surface area contributed by atoms with Gasteiger partial charge in [-0.2, -0.15) is 0 Å². The van der Waals surface area contributed by atoms with Crippen LogP contribution in [0.3, 0.4) is 0 Å². The smallest absolute Gasteiger partial charge is 0.241 e. The Balaban J connectivity index is 2.06. The maximum absolute atomic E-state index is 12.6. The molecule has 0 saturated heterocycles. The second-order valence-corrected chi connectivity index (χ2v) is 7.62. The van der Waals surface area contributed by atoms with Crippen molar-refractivity contribution in [3.8, 4) is 5.75 Å². The highest BCUT2D eigenvalue weighted by molar-refractivity contribution is 9.10. The first-order valence-electron chi connectivity index (χ1n) is 8.71. The molecule has 0 bridgehead atoms. The number of carbonyl (C=O) groups is 1.